The van der Waals surface area contributed by atoms with Crippen molar-refractivity contribution in [3.05, 3.63) is 11.9 Å². The monoisotopic (exact) mass is 279 g/mol. The number of aromatic nitrogens is 2. The van der Waals surface area contributed by atoms with Gasteiger partial charge in [0, 0.05) is 18.7 Å². The Morgan fingerprint density at radius 1 is 1.25 bits per heavy atom. The summed E-state index contributed by atoms with van der Waals surface area (Å²) in [6.45, 7) is 9.10. The van der Waals surface area contributed by atoms with Gasteiger partial charge in [0.15, 0.2) is 0 Å². The van der Waals surface area contributed by atoms with Gasteiger partial charge in [-0.1, -0.05) is 13.8 Å². The van der Waals surface area contributed by atoms with Gasteiger partial charge in [-0.15, -0.1) is 0 Å². The lowest BCUT2D eigenvalue weighted by Gasteiger charge is -2.22. The lowest BCUT2D eigenvalue weighted by molar-refractivity contribution is -0.125. The average molecular weight is 279 g/mol. The summed E-state index contributed by atoms with van der Waals surface area (Å²) in [6, 6.07) is 0. The number of nitrogens with one attached hydrogen (secondary N) is 2. The van der Waals surface area contributed by atoms with Gasteiger partial charge in [-0.05, 0) is 26.7 Å². The maximum Gasteiger partial charge on any atom is 0.224 e. The Morgan fingerprint density at radius 3 is 2.35 bits per heavy atom. The Morgan fingerprint density at radius 2 is 1.85 bits per heavy atom. The minimum Gasteiger partial charge on any atom is -0.370 e. The second-order valence-corrected chi connectivity index (χ2v) is 5.43. The van der Waals surface area contributed by atoms with Crippen molar-refractivity contribution >= 4 is 17.5 Å². The van der Waals surface area contributed by atoms with E-state index < -0.39 is 5.41 Å². The first-order chi connectivity index (χ1) is 9.42. The molecule has 0 spiro atoms. The fourth-order valence-corrected chi connectivity index (χ4v) is 1.69. The van der Waals surface area contributed by atoms with Crippen molar-refractivity contribution in [1.29, 1.82) is 0 Å². The van der Waals surface area contributed by atoms with Crippen LogP contribution in [0.1, 0.15) is 39.7 Å². The highest BCUT2D eigenvalue weighted by Gasteiger charge is 2.25. The molecule has 0 fully saturated rings. The van der Waals surface area contributed by atoms with E-state index in [1.54, 1.807) is 0 Å². The molecule has 0 atom stereocenters. The lowest BCUT2D eigenvalue weighted by Crippen LogP contribution is -2.37. The average Bonchev–Trinajstić information content (AvgIpc) is 2.42. The molecule has 0 aliphatic rings. The van der Waals surface area contributed by atoms with Gasteiger partial charge in [-0.2, -0.15) is 0 Å². The van der Waals surface area contributed by atoms with Crippen molar-refractivity contribution in [2.75, 3.05) is 23.7 Å². The van der Waals surface area contributed by atoms with Gasteiger partial charge >= 0.3 is 0 Å². The summed E-state index contributed by atoms with van der Waals surface area (Å²) in [5, 5.41) is 6.50. The van der Waals surface area contributed by atoms with Crippen LogP contribution in [-0.4, -0.2) is 29.0 Å². The maximum absolute atomic E-state index is 11.3. The second-order valence-electron chi connectivity index (χ2n) is 5.43. The van der Waals surface area contributed by atoms with Gasteiger partial charge in [0.2, 0.25) is 5.91 Å². The van der Waals surface area contributed by atoms with Crippen molar-refractivity contribution in [2.45, 2.75) is 40.5 Å². The minimum absolute atomic E-state index is 0.332. The third-order valence-corrected chi connectivity index (χ3v) is 3.21. The fourth-order valence-electron chi connectivity index (χ4n) is 1.69. The predicted octanol–water partition coefficient (Wildman–Crippen LogP) is 1.78. The van der Waals surface area contributed by atoms with E-state index in [1.807, 2.05) is 13.8 Å². The third-order valence-electron chi connectivity index (χ3n) is 3.21. The summed E-state index contributed by atoms with van der Waals surface area (Å²) >= 11 is 0. The SMILES string of the molecule is CCCNc1ncnc(NCC(C)(C)C(N)=O)c1CC. The van der Waals surface area contributed by atoms with Crippen LogP contribution in [0.2, 0.25) is 0 Å². The number of nitrogens with two attached hydrogens (primary N) is 1. The normalized spacial score (nSPS) is 11.2. The Kier molecular flexibility index (Phi) is 5.73. The first-order valence-corrected chi connectivity index (χ1v) is 7.03. The van der Waals surface area contributed by atoms with Gasteiger partial charge < -0.3 is 16.4 Å². The molecular weight excluding hydrogens is 254 g/mol. The summed E-state index contributed by atoms with van der Waals surface area (Å²) in [5.74, 6) is 1.28. The molecule has 0 saturated carbocycles. The van der Waals surface area contributed by atoms with Gasteiger partial charge in [0.25, 0.3) is 0 Å². The quantitative estimate of drug-likeness (QED) is 0.674. The zero-order valence-corrected chi connectivity index (χ0v) is 12.8. The van der Waals surface area contributed by atoms with E-state index in [-0.39, 0.29) is 5.91 Å². The molecule has 1 rings (SSSR count). The Hall–Kier alpha value is -1.85. The van der Waals surface area contributed by atoms with Crippen LogP contribution in [0.15, 0.2) is 6.33 Å². The van der Waals surface area contributed by atoms with Crippen molar-refractivity contribution in [3.8, 4) is 0 Å². The first-order valence-electron chi connectivity index (χ1n) is 7.03. The molecule has 112 valence electrons. The van der Waals surface area contributed by atoms with E-state index in [0.29, 0.717) is 6.54 Å². The molecule has 0 aliphatic heterocycles. The third kappa shape index (κ3) is 4.08. The Balaban J connectivity index is 2.87. The molecule has 0 aromatic carbocycles. The van der Waals surface area contributed by atoms with Gasteiger partial charge in [0.1, 0.15) is 18.0 Å². The molecule has 4 N–H and O–H groups in total. The fraction of sp³-hybridized carbons (Fsp3) is 0.643. The van der Waals surface area contributed by atoms with E-state index in [1.165, 1.54) is 6.33 Å². The minimum atomic E-state index is -0.618. The van der Waals surface area contributed by atoms with Crippen molar-refractivity contribution in [3.63, 3.8) is 0 Å². The Bertz CT molecular complexity index is 459. The van der Waals surface area contributed by atoms with Crippen LogP contribution in [0.5, 0.6) is 0 Å². The van der Waals surface area contributed by atoms with Gasteiger partial charge in [0.05, 0.1) is 5.41 Å². The number of hydrogen-bond acceptors (Lipinski definition) is 5. The van der Waals surface area contributed by atoms with Crippen molar-refractivity contribution in [2.24, 2.45) is 11.1 Å². The molecular formula is C14H25N5O. The number of carbonyl (C=O) groups excluding carboxylic acids is 1. The summed E-state index contributed by atoms with van der Waals surface area (Å²) in [5.41, 5.74) is 5.79. The number of hydrogen-bond donors (Lipinski definition) is 3. The molecule has 1 amide bonds. The van der Waals surface area contributed by atoms with Gasteiger partial charge in [-0.25, -0.2) is 9.97 Å². The standard InChI is InChI=1S/C14H25N5O/c1-5-7-16-11-10(6-2)12(19-9-18-11)17-8-14(3,4)13(15)20/h9H,5-8H2,1-4H3,(H2,15,20)(H2,16,17,18,19). The summed E-state index contributed by atoms with van der Waals surface area (Å²) in [6.07, 6.45) is 3.37. The highest BCUT2D eigenvalue weighted by Crippen LogP contribution is 2.22. The van der Waals surface area contributed by atoms with Crippen molar-refractivity contribution in [1.82, 2.24) is 9.97 Å². The van der Waals surface area contributed by atoms with Crippen molar-refractivity contribution < 1.29 is 4.79 Å². The molecule has 0 saturated heterocycles. The number of nitrogens with zero attached hydrogens (tertiary/aromatic N) is 2. The molecule has 0 radical (unpaired) electrons. The molecule has 1 heterocycles. The van der Waals surface area contributed by atoms with Crippen LogP contribution in [-0.2, 0) is 11.2 Å². The maximum atomic E-state index is 11.3. The van der Waals surface area contributed by atoms with E-state index in [4.69, 9.17) is 5.73 Å². The molecule has 0 bridgehead atoms. The largest absolute Gasteiger partial charge is 0.370 e. The summed E-state index contributed by atoms with van der Waals surface area (Å²) in [7, 11) is 0. The smallest absolute Gasteiger partial charge is 0.224 e. The zero-order valence-electron chi connectivity index (χ0n) is 12.8. The topological polar surface area (TPSA) is 92.9 Å². The number of rotatable bonds is 8. The summed E-state index contributed by atoms with van der Waals surface area (Å²) in [4.78, 5) is 19.9. The molecule has 6 heteroatoms. The van der Waals surface area contributed by atoms with E-state index in [0.717, 1.165) is 36.6 Å². The Labute approximate surface area is 120 Å². The number of primary amides is 1. The molecule has 0 unspecified atom stereocenters. The van der Waals surface area contributed by atoms with Crippen LogP contribution in [0.4, 0.5) is 11.6 Å². The van der Waals surface area contributed by atoms with Gasteiger partial charge in [-0.3, -0.25) is 4.79 Å². The molecule has 1 aromatic rings. The second kappa shape index (κ2) is 7.07. The van der Waals surface area contributed by atoms with Crippen LogP contribution in [0.25, 0.3) is 0 Å². The lowest BCUT2D eigenvalue weighted by atomic mass is 9.93. The molecule has 1 aromatic heterocycles. The molecule has 0 aliphatic carbocycles. The summed E-state index contributed by atoms with van der Waals surface area (Å²) < 4.78 is 0. The molecule has 20 heavy (non-hydrogen) atoms. The van der Waals surface area contributed by atoms with E-state index in [9.17, 15) is 4.79 Å². The van der Waals surface area contributed by atoms with E-state index >= 15 is 0 Å². The van der Waals surface area contributed by atoms with Crippen LogP contribution in [0, 0.1) is 5.41 Å². The van der Waals surface area contributed by atoms with E-state index in [2.05, 4.69) is 34.4 Å². The highest BCUT2D eigenvalue weighted by molar-refractivity contribution is 5.80. The molecule has 6 nitrogen and oxygen atoms in total. The van der Waals surface area contributed by atoms with Crippen LogP contribution < -0.4 is 16.4 Å². The number of anilines is 2. The first kappa shape index (κ1) is 16.2. The predicted molar refractivity (Wildman–Crippen MR) is 81.7 cm³/mol. The zero-order chi connectivity index (χ0) is 15.2. The number of carbonyl (C=O) groups is 1. The van der Waals surface area contributed by atoms with Crippen LogP contribution >= 0.6 is 0 Å². The van der Waals surface area contributed by atoms with Crippen LogP contribution in [0.3, 0.4) is 0 Å². The highest BCUT2D eigenvalue weighted by atomic mass is 16.1. The number of amides is 1.